The van der Waals surface area contributed by atoms with Crippen molar-refractivity contribution in [3.05, 3.63) is 71.3 Å². The lowest BCUT2D eigenvalue weighted by molar-refractivity contribution is -0.133. The molecule has 0 N–H and O–H groups in total. The maximum absolute atomic E-state index is 12.7. The zero-order chi connectivity index (χ0) is 14.2. The third-order valence-electron chi connectivity index (χ3n) is 4.78. The molecule has 0 spiro atoms. The van der Waals surface area contributed by atoms with E-state index in [1.54, 1.807) is 0 Å². The molecule has 1 aliphatic carbocycles. The van der Waals surface area contributed by atoms with Crippen LogP contribution in [-0.4, -0.2) is 17.4 Å². The third kappa shape index (κ3) is 2.35. The number of fused-ring (bicyclic) bond motifs is 1. The van der Waals surface area contributed by atoms with Gasteiger partial charge in [-0.3, -0.25) is 4.79 Å². The maximum atomic E-state index is 12.7. The monoisotopic (exact) mass is 277 g/mol. The van der Waals surface area contributed by atoms with Gasteiger partial charge in [0.1, 0.15) is 0 Å². The molecule has 0 aromatic heterocycles. The summed E-state index contributed by atoms with van der Waals surface area (Å²) >= 11 is 0. The molecule has 1 aliphatic heterocycles. The largest absolute Gasteiger partial charge is 0.338 e. The van der Waals surface area contributed by atoms with E-state index < -0.39 is 0 Å². The second kappa shape index (κ2) is 5.03. The van der Waals surface area contributed by atoms with E-state index in [0.29, 0.717) is 11.8 Å². The summed E-state index contributed by atoms with van der Waals surface area (Å²) in [5, 5.41) is 0. The molecule has 2 aliphatic rings. The highest BCUT2D eigenvalue weighted by atomic mass is 16.2. The predicted molar refractivity (Wildman–Crippen MR) is 82.9 cm³/mol. The molecule has 2 aromatic carbocycles. The van der Waals surface area contributed by atoms with Gasteiger partial charge in [0.15, 0.2) is 0 Å². The zero-order valence-electron chi connectivity index (χ0n) is 12.0. The molecular weight excluding hydrogens is 258 g/mol. The van der Waals surface area contributed by atoms with E-state index >= 15 is 0 Å². The molecule has 2 heteroatoms. The first-order chi connectivity index (χ1) is 10.3. The molecule has 0 radical (unpaired) electrons. The molecule has 2 nitrogen and oxygen atoms in total. The Balaban J connectivity index is 1.46. The van der Waals surface area contributed by atoms with E-state index in [4.69, 9.17) is 0 Å². The third-order valence-corrected chi connectivity index (χ3v) is 4.78. The van der Waals surface area contributed by atoms with E-state index in [1.165, 1.54) is 16.7 Å². The Morgan fingerprint density at radius 2 is 1.67 bits per heavy atom. The number of hydrogen-bond acceptors (Lipinski definition) is 1. The summed E-state index contributed by atoms with van der Waals surface area (Å²) in [6.07, 6.45) is 2.01. The van der Waals surface area contributed by atoms with Gasteiger partial charge in [-0.15, -0.1) is 0 Å². The Morgan fingerprint density at radius 1 is 0.952 bits per heavy atom. The van der Waals surface area contributed by atoms with Crippen LogP contribution in [0.1, 0.15) is 29.0 Å². The Labute approximate surface area is 125 Å². The summed E-state index contributed by atoms with van der Waals surface area (Å²) in [6.45, 7) is 1.65. The summed E-state index contributed by atoms with van der Waals surface area (Å²) in [5.74, 6) is 0.992. The molecule has 2 aromatic rings. The Morgan fingerprint density at radius 3 is 2.48 bits per heavy atom. The maximum Gasteiger partial charge on any atom is 0.226 e. The highest BCUT2D eigenvalue weighted by molar-refractivity contribution is 5.83. The van der Waals surface area contributed by atoms with Crippen LogP contribution in [0.4, 0.5) is 0 Å². The van der Waals surface area contributed by atoms with Crippen LogP contribution < -0.4 is 0 Å². The number of hydrogen-bond donors (Lipinski definition) is 0. The molecule has 1 heterocycles. The Bertz CT molecular complexity index is 664. The second-order valence-electron chi connectivity index (χ2n) is 6.14. The molecule has 0 saturated heterocycles. The van der Waals surface area contributed by atoms with Gasteiger partial charge in [-0.05, 0) is 35.4 Å². The standard InChI is InChI=1S/C19H19NO/c21-19(18-12-17(18)15-7-2-1-3-8-15)20-11-10-14-6-4-5-9-16(14)13-20/h1-9,17-18H,10-13H2/t17-,18+/m1/s1. The first-order valence-electron chi connectivity index (χ1n) is 7.73. The van der Waals surface area contributed by atoms with E-state index in [2.05, 4.69) is 53.4 Å². The highest BCUT2D eigenvalue weighted by Crippen LogP contribution is 2.48. The fraction of sp³-hybridized carbons (Fsp3) is 0.316. The van der Waals surface area contributed by atoms with Crippen LogP contribution in [0.5, 0.6) is 0 Å². The van der Waals surface area contributed by atoms with Crippen LogP contribution in [0.3, 0.4) is 0 Å². The van der Waals surface area contributed by atoms with Crippen LogP contribution in [0.25, 0.3) is 0 Å². The minimum Gasteiger partial charge on any atom is -0.338 e. The quantitative estimate of drug-likeness (QED) is 0.824. The lowest BCUT2D eigenvalue weighted by Gasteiger charge is -2.29. The van der Waals surface area contributed by atoms with E-state index in [1.807, 2.05) is 6.07 Å². The van der Waals surface area contributed by atoms with Gasteiger partial charge in [-0.2, -0.15) is 0 Å². The average molecular weight is 277 g/mol. The van der Waals surface area contributed by atoms with Gasteiger partial charge >= 0.3 is 0 Å². The Hall–Kier alpha value is -2.09. The van der Waals surface area contributed by atoms with Crippen LogP contribution in [0.15, 0.2) is 54.6 Å². The van der Waals surface area contributed by atoms with Crippen molar-refractivity contribution in [2.45, 2.75) is 25.3 Å². The van der Waals surface area contributed by atoms with Gasteiger partial charge in [0.05, 0.1) is 0 Å². The van der Waals surface area contributed by atoms with Crippen molar-refractivity contribution in [3.63, 3.8) is 0 Å². The van der Waals surface area contributed by atoms with Gasteiger partial charge in [0.2, 0.25) is 5.91 Å². The van der Waals surface area contributed by atoms with Gasteiger partial charge in [-0.1, -0.05) is 54.6 Å². The molecule has 21 heavy (non-hydrogen) atoms. The molecule has 1 saturated carbocycles. The topological polar surface area (TPSA) is 20.3 Å². The molecule has 1 fully saturated rings. The normalized spacial score (nSPS) is 23.5. The minimum absolute atomic E-state index is 0.206. The van der Waals surface area contributed by atoms with Crippen molar-refractivity contribution in [1.29, 1.82) is 0 Å². The number of carbonyl (C=O) groups excluding carboxylic acids is 1. The second-order valence-corrected chi connectivity index (χ2v) is 6.14. The summed E-state index contributed by atoms with van der Waals surface area (Å²) in [6, 6.07) is 18.9. The molecular formula is C19H19NO. The molecule has 4 rings (SSSR count). The summed E-state index contributed by atoms with van der Waals surface area (Å²) < 4.78 is 0. The fourth-order valence-corrected chi connectivity index (χ4v) is 3.45. The predicted octanol–water partition coefficient (Wildman–Crippen LogP) is 3.38. The van der Waals surface area contributed by atoms with Crippen LogP contribution in [-0.2, 0) is 17.8 Å². The molecule has 2 atom stereocenters. The highest BCUT2D eigenvalue weighted by Gasteiger charge is 2.45. The van der Waals surface area contributed by atoms with Crippen molar-refractivity contribution in [3.8, 4) is 0 Å². The summed E-state index contributed by atoms with van der Waals surface area (Å²) in [5.41, 5.74) is 4.03. The number of carbonyl (C=O) groups is 1. The van der Waals surface area contributed by atoms with Crippen molar-refractivity contribution in [2.75, 3.05) is 6.54 Å². The van der Waals surface area contributed by atoms with Gasteiger partial charge in [0.25, 0.3) is 0 Å². The van der Waals surface area contributed by atoms with E-state index in [-0.39, 0.29) is 5.92 Å². The number of rotatable bonds is 2. The van der Waals surface area contributed by atoms with Crippen LogP contribution in [0.2, 0.25) is 0 Å². The van der Waals surface area contributed by atoms with Gasteiger partial charge < -0.3 is 4.90 Å². The number of amides is 1. The van der Waals surface area contributed by atoms with Crippen molar-refractivity contribution >= 4 is 5.91 Å². The van der Waals surface area contributed by atoms with Crippen molar-refractivity contribution in [1.82, 2.24) is 4.90 Å². The van der Waals surface area contributed by atoms with Gasteiger partial charge in [0, 0.05) is 19.0 Å². The molecule has 106 valence electrons. The number of benzene rings is 2. The smallest absolute Gasteiger partial charge is 0.226 e. The lowest BCUT2D eigenvalue weighted by atomic mass is 9.99. The molecule has 1 amide bonds. The molecule has 0 unspecified atom stereocenters. The van der Waals surface area contributed by atoms with Crippen LogP contribution >= 0.6 is 0 Å². The lowest BCUT2D eigenvalue weighted by Crippen LogP contribution is -2.37. The van der Waals surface area contributed by atoms with Crippen molar-refractivity contribution in [2.24, 2.45) is 5.92 Å². The first-order valence-corrected chi connectivity index (χ1v) is 7.73. The van der Waals surface area contributed by atoms with E-state index in [9.17, 15) is 4.79 Å². The van der Waals surface area contributed by atoms with Gasteiger partial charge in [-0.25, -0.2) is 0 Å². The Kier molecular flexibility index (Phi) is 3.03. The number of nitrogens with zero attached hydrogens (tertiary/aromatic N) is 1. The summed E-state index contributed by atoms with van der Waals surface area (Å²) in [7, 11) is 0. The van der Waals surface area contributed by atoms with Crippen LogP contribution in [0, 0.1) is 5.92 Å². The summed E-state index contributed by atoms with van der Waals surface area (Å²) in [4.78, 5) is 14.7. The van der Waals surface area contributed by atoms with E-state index in [0.717, 1.165) is 25.9 Å². The first kappa shape index (κ1) is 12.6. The van der Waals surface area contributed by atoms with Crippen molar-refractivity contribution < 1.29 is 4.79 Å². The average Bonchev–Trinajstić information content (AvgIpc) is 3.35. The molecule has 0 bridgehead atoms. The zero-order valence-corrected chi connectivity index (χ0v) is 12.0. The minimum atomic E-state index is 0.206. The fourth-order valence-electron chi connectivity index (χ4n) is 3.45. The SMILES string of the molecule is O=C([C@H]1C[C@@H]1c1ccccc1)N1CCc2ccccc2C1.